The summed E-state index contributed by atoms with van der Waals surface area (Å²) in [7, 11) is 0. The molecule has 41 heavy (non-hydrogen) atoms. The Morgan fingerprint density at radius 3 is 2.39 bits per heavy atom. The molecule has 3 fully saturated rings. The lowest BCUT2D eigenvalue weighted by atomic mass is 9.97. The molecular weight excluding hydrogens is 568 g/mol. The molecule has 2 heterocycles. The van der Waals surface area contributed by atoms with Crippen LogP contribution < -0.4 is 9.47 Å². The van der Waals surface area contributed by atoms with Gasteiger partial charge >= 0.3 is 12.3 Å². The van der Waals surface area contributed by atoms with E-state index in [-0.39, 0.29) is 34.7 Å². The van der Waals surface area contributed by atoms with Gasteiger partial charge in [-0.25, -0.2) is 9.18 Å². The third-order valence-electron chi connectivity index (χ3n) is 7.90. The fourth-order valence-corrected chi connectivity index (χ4v) is 5.92. The minimum atomic E-state index is -4.80. The third-order valence-corrected chi connectivity index (χ3v) is 8.12. The third kappa shape index (κ3) is 7.43. The van der Waals surface area contributed by atoms with E-state index in [9.17, 15) is 27.9 Å². The fraction of sp³-hybridized carbons (Fsp3) is 0.517. The van der Waals surface area contributed by atoms with Gasteiger partial charge in [0, 0.05) is 24.2 Å². The summed E-state index contributed by atoms with van der Waals surface area (Å²) < 4.78 is 63.1. The molecule has 1 N–H and O–H groups in total. The lowest BCUT2D eigenvalue weighted by Crippen LogP contribution is -2.40. The molecule has 12 heteroatoms. The van der Waals surface area contributed by atoms with Crippen molar-refractivity contribution in [2.24, 2.45) is 5.92 Å². The van der Waals surface area contributed by atoms with Crippen molar-refractivity contribution in [2.75, 3.05) is 26.2 Å². The number of carbonyl (C=O) groups excluding carboxylic acids is 1. The number of alkyl halides is 3. The number of piperidine rings is 1. The molecule has 2 saturated heterocycles. The molecule has 3 aliphatic rings. The second kappa shape index (κ2) is 12.1. The number of amides is 1. The predicted molar refractivity (Wildman–Crippen MR) is 142 cm³/mol. The van der Waals surface area contributed by atoms with E-state index in [0.29, 0.717) is 50.4 Å². The van der Waals surface area contributed by atoms with E-state index < -0.39 is 30.1 Å². The summed E-state index contributed by atoms with van der Waals surface area (Å²) in [6, 6.07) is 5.93. The molecular formula is C29H31ClF4N2O5. The molecule has 2 aromatic carbocycles. The number of halogens is 5. The highest BCUT2D eigenvalue weighted by Gasteiger charge is 2.37. The number of rotatable bonds is 9. The molecule has 0 unspecified atom stereocenters. The van der Waals surface area contributed by atoms with Crippen LogP contribution in [0.1, 0.15) is 65.9 Å². The first-order valence-electron chi connectivity index (χ1n) is 13.7. The van der Waals surface area contributed by atoms with Gasteiger partial charge < -0.3 is 19.5 Å². The van der Waals surface area contributed by atoms with Crippen molar-refractivity contribution >= 4 is 23.5 Å². The smallest absolute Gasteiger partial charge is 0.493 e. The number of nitrogens with zero attached hydrogens (tertiary/aromatic N) is 2. The zero-order chi connectivity index (χ0) is 29.3. The Labute approximate surface area is 240 Å². The van der Waals surface area contributed by atoms with Gasteiger partial charge in [0.05, 0.1) is 12.2 Å². The summed E-state index contributed by atoms with van der Waals surface area (Å²) in [5.74, 6) is -1.98. The zero-order valence-corrected chi connectivity index (χ0v) is 23.0. The highest BCUT2D eigenvalue weighted by atomic mass is 35.5. The van der Waals surface area contributed by atoms with Crippen LogP contribution in [0.25, 0.3) is 0 Å². The van der Waals surface area contributed by atoms with Gasteiger partial charge in [0.25, 0.3) is 5.91 Å². The minimum Gasteiger partial charge on any atom is -0.493 e. The molecule has 2 aliphatic heterocycles. The molecule has 0 spiro atoms. The lowest BCUT2D eigenvalue weighted by molar-refractivity contribution is -0.274. The van der Waals surface area contributed by atoms with Crippen LogP contribution in [-0.4, -0.2) is 65.4 Å². The summed E-state index contributed by atoms with van der Waals surface area (Å²) in [5.41, 5.74) is 1.27. The maximum atomic E-state index is 15.2. The SMILES string of the molecule is O=C(O)[C@@H]1CCCN1C(=O)c1cc(C2CC2)c(OCC2CCN(Cc3cc(Cl)cc(OC(F)(F)F)c3)CC2)cc1F. The van der Waals surface area contributed by atoms with Gasteiger partial charge in [-0.15, -0.1) is 13.2 Å². The fourth-order valence-electron chi connectivity index (χ4n) is 5.68. The van der Waals surface area contributed by atoms with Gasteiger partial charge in [-0.3, -0.25) is 9.69 Å². The van der Waals surface area contributed by atoms with E-state index in [1.54, 1.807) is 6.07 Å². The average Bonchev–Trinajstić information content (AvgIpc) is 3.61. The van der Waals surface area contributed by atoms with Crippen LogP contribution in [0.2, 0.25) is 5.02 Å². The van der Waals surface area contributed by atoms with Gasteiger partial charge in [0.15, 0.2) is 0 Å². The Morgan fingerprint density at radius 2 is 1.73 bits per heavy atom. The quantitative estimate of drug-likeness (QED) is 0.345. The Bertz CT molecular complexity index is 1290. The number of carbonyl (C=O) groups is 2. The van der Waals surface area contributed by atoms with Gasteiger partial charge in [-0.1, -0.05) is 11.6 Å². The number of aliphatic carboxylic acids is 1. The second-order valence-corrected chi connectivity index (χ2v) is 11.4. The topological polar surface area (TPSA) is 79.3 Å². The minimum absolute atomic E-state index is 0.120. The van der Waals surface area contributed by atoms with Crippen molar-refractivity contribution in [1.82, 2.24) is 9.80 Å². The molecule has 0 bridgehead atoms. The summed E-state index contributed by atoms with van der Waals surface area (Å²) in [5, 5.41) is 9.60. The van der Waals surface area contributed by atoms with Crippen LogP contribution in [0.4, 0.5) is 17.6 Å². The summed E-state index contributed by atoms with van der Waals surface area (Å²) in [4.78, 5) is 28.0. The number of carboxylic acids is 1. The first kappa shape index (κ1) is 29.4. The van der Waals surface area contributed by atoms with Crippen LogP contribution in [0, 0.1) is 11.7 Å². The molecule has 0 radical (unpaired) electrons. The number of hydrogen-bond donors (Lipinski definition) is 1. The normalized spacial score (nSPS) is 20.3. The monoisotopic (exact) mass is 598 g/mol. The van der Waals surface area contributed by atoms with Crippen molar-refractivity contribution < 1.29 is 41.7 Å². The predicted octanol–water partition coefficient (Wildman–Crippen LogP) is 6.24. The van der Waals surface area contributed by atoms with Crippen molar-refractivity contribution in [1.29, 1.82) is 0 Å². The highest BCUT2D eigenvalue weighted by molar-refractivity contribution is 6.30. The Kier molecular flexibility index (Phi) is 8.65. The maximum absolute atomic E-state index is 15.2. The molecule has 1 atom stereocenters. The number of hydrogen-bond acceptors (Lipinski definition) is 5. The van der Waals surface area contributed by atoms with Crippen molar-refractivity contribution in [3.8, 4) is 11.5 Å². The average molecular weight is 599 g/mol. The van der Waals surface area contributed by atoms with Crippen molar-refractivity contribution in [2.45, 2.75) is 63.4 Å². The van der Waals surface area contributed by atoms with Crippen LogP contribution in [0.5, 0.6) is 11.5 Å². The van der Waals surface area contributed by atoms with E-state index in [2.05, 4.69) is 9.64 Å². The lowest BCUT2D eigenvalue weighted by Gasteiger charge is -2.32. The Balaban J connectivity index is 1.18. The van der Waals surface area contributed by atoms with Crippen molar-refractivity contribution in [3.05, 3.63) is 57.9 Å². The highest BCUT2D eigenvalue weighted by Crippen LogP contribution is 2.45. The summed E-state index contributed by atoms with van der Waals surface area (Å²) in [6.45, 7) is 2.48. The number of carboxylic acid groups (broad SMARTS) is 1. The van der Waals surface area contributed by atoms with Gasteiger partial charge in [-0.2, -0.15) is 0 Å². The molecule has 1 saturated carbocycles. The van der Waals surface area contributed by atoms with E-state index in [0.717, 1.165) is 37.3 Å². The first-order chi connectivity index (χ1) is 19.5. The van der Waals surface area contributed by atoms with Crippen LogP contribution in [0.3, 0.4) is 0 Å². The first-order valence-corrected chi connectivity index (χ1v) is 14.1. The van der Waals surface area contributed by atoms with Gasteiger partial charge in [0.1, 0.15) is 23.4 Å². The molecule has 5 rings (SSSR count). The van der Waals surface area contributed by atoms with Crippen LogP contribution >= 0.6 is 11.6 Å². The second-order valence-electron chi connectivity index (χ2n) is 11.0. The summed E-state index contributed by atoms with van der Waals surface area (Å²) in [6.07, 6.45) is -0.484. The van der Waals surface area contributed by atoms with E-state index >= 15 is 4.39 Å². The van der Waals surface area contributed by atoms with Gasteiger partial charge in [0.2, 0.25) is 0 Å². The van der Waals surface area contributed by atoms with E-state index in [1.165, 1.54) is 23.1 Å². The molecule has 7 nitrogen and oxygen atoms in total. The van der Waals surface area contributed by atoms with Crippen LogP contribution in [-0.2, 0) is 11.3 Å². The largest absolute Gasteiger partial charge is 0.573 e. The molecule has 1 aliphatic carbocycles. The van der Waals surface area contributed by atoms with E-state index in [1.807, 2.05) is 0 Å². The van der Waals surface area contributed by atoms with Crippen LogP contribution in [0.15, 0.2) is 30.3 Å². The molecule has 222 valence electrons. The Hall–Kier alpha value is -3.05. The molecule has 0 aromatic heterocycles. The number of ether oxygens (including phenoxy) is 2. The zero-order valence-electron chi connectivity index (χ0n) is 22.3. The maximum Gasteiger partial charge on any atom is 0.573 e. The van der Waals surface area contributed by atoms with Crippen molar-refractivity contribution in [3.63, 3.8) is 0 Å². The summed E-state index contributed by atoms with van der Waals surface area (Å²) >= 11 is 5.99. The molecule has 2 aromatic rings. The number of likely N-dealkylation sites (tertiary alicyclic amines) is 2. The Morgan fingerprint density at radius 1 is 1.00 bits per heavy atom. The van der Waals surface area contributed by atoms with E-state index in [4.69, 9.17) is 16.3 Å². The number of benzene rings is 2. The molecule has 1 amide bonds. The standard InChI is InChI=1S/C29H31ClF4N2O5/c30-20-10-18(11-21(12-20)41-29(32,33)34)15-35-8-5-17(6-9-35)16-40-26-14-24(31)23(13-22(26)19-3-4-19)27(37)36-7-1-2-25(36)28(38)39/h10-14,17,19,25H,1-9,15-16H2,(H,38,39)/t25-/m0/s1. The van der Waals surface area contributed by atoms with Gasteiger partial charge in [-0.05, 0) is 98.8 Å².